The molecule has 0 amide bonds. The summed E-state index contributed by atoms with van der Waals surface area (Å²) in [6.07, 6.45) is 1.70. The SMILES string of the molecule is Fc1ccc(-c2ccc3ncc(-c4ccc(F)cc4)n3n2)cc1. The Balaban J connectivity index is 1.86. The Kier molecular flexibility index (Phi) is 3.12. The van der Waals surface area contributed by atoms with Crippen molar-refractivity contribution in [1.82, 2.24) is 14.6 Å². The quantitative estimate of drug-likeness (QED) is 0.551. The average Bonchev–Trinajstić information content (AvgIpc) is 2.99. The largest absolute Gasteiger partial charge is 0.235 e. The van der Waals surface area contributed by atoms with E-state index < -0.39 is 0 Å². The van der Waals surface area contributed by atoms with Gasteiger partial charge in [-0.05, 0) is 60.7 Å². The molecule has 2 aromatic heterocycles. The predicted molar refractivity (Wildman–Crippen MR) is 83.8 cm³/mol. The van der Waals surface area contributed by atoms with Crippen molar-refractivity contribution in [2.75, 3.05) is 0 Å². The highest BCUT2D eigenvalue weighted by Gasteiger charge is 2.09. The van der Waals surface area contributed by atoms with E-state index in [1.54, 1.807) is 35.0 Å². The van der Waals surface area contributed by atoms with Crippen LogP contribution in [0.4, 0.5) is 8.78 Å². The smallest absolute Gasteiger partial charge is 0.154 e. The standard InChI is InChI=1S/C18H11F2N3/c19-14-5-1-12(2-6-14)16-9-10-18-21-11-17(23(18)22-16)13-3-7-15(20)8-4-13/h1-11H. The summed E-state index contributed by atoms with van der Waals surface area (Å²) in [5, 5.41) is 4.57. The molecule has 0 aliphatic carbocycles. The first-order valence-corrected chi connectivity index (χ1v) is 7.07. The molecule has 0 aliphatic heterocycles. The molecular weight excluding hydrogens is 296 g/mol. The summed E-state index contributed by atoms with van der Waals surface area (Å²) in [5.41, 5.74) is 3.80. The van der Waals surface area contributed by atoms with E-state index in [4.69, 9.17) is 0 Å². The lowest BCUT2D eigenvalue weighted by molar-refractivity contribution is 0.627. The Bertz CT molecular complexity index is 974. The molecule has 0 saturated carbocycles. The number of imidazole rings is 1. The fourth-order valence-electron chi connectivity index (χ4n) is 2.47. The van der Waals surface area contributed by atoms with Crippen molar-refractivity contribution in [3.8, 4) is 22.5 Å². The molecule has 0 atom stereocenters. The number of halogens is 2. The highest BCUT2D eigenvalue weighted by Crippen LogP contribution is 2.23. The van der Waals surface area contributed by atoms with Crippen LogP contribution in [0, 0.1) is 11.6 Å². The van der Waals surface area contributed by atoms with Crippen LogP contribution in [0.15, 0.2) is 66.9 Å². The second-order valence-electron chi connectivity index (χ2n) is 5.15. The Morgan fingerprint density at radius 2 is 1.30 bits per heavy atom. The van der Waals surface area contributed by atoms with Crippen LogP contribution in [0.1, 0.15) is 0 Å². The fourth-order valence-corrected chi connectivity index (χ4v) is 2.47. The van der Waals surface area contributed by atoms with Crippen molar-refractivity contribution in [2.24, 2.45) is 0 Å². The predicted octanol–water partition coefficient (Wildman–Crippen LogP) is 4.34. The molecular formula is C18H11F2N3. The van der Waals surface area contributed by atoms with Gasteiger partial charge in [-0.2, -0.15) is 5.10 Å². The Morgan fingerprint density at radius 3 is 1.96 bits per heavy atom. The van der Waals surface area contributed by atoms with Gasteiger partial charge in [0.05, 0.1) is 17.6 Å². The van der Waals surface area contributed by atoms with E-state index in [0.717, 1.165) is 16.8 Å². The third-order valence-corrected chi connectivity index (χ3v) is 3.64. The summed E-state index contributed by atoms with van der Waals surface area (Å²) in [6, 6.07) is 16.0. The van der Waals surface area contributed by atoms with Gasteiger partial charge in [0.2, 0.25) is 0 Å². The number of rotatable bonds is 2. The van der Waals surface area contributed by atoms with Crippen molar-refractivity contribution in [3.05, 3.63) is 78.5 Å². The lowest BCUT2D eigenvalue weighted by Gasteiger charge is -2.05. The molecule has 0 spiro atoms. The third-order valence-electron chi connectivity index (χ3n) is 3.64. The first-order chi connectivity index (χ1) is 11.2. The normalized spacial score (nSPS) is 11.0. The summed E-state index contributed by atoms with van der Waals surface area (Å²) in [6.45, 7) is 0. The van der Waals surface area contributed by atoms with Crippen LogP contribution in [0.3, 0.4) is 0 Å². The van der Waals surface area contributed by atoms with Crippen LogP contribution in [0.2, 0.25) is 0 Å². The number of hydrogen-bond donors (Lipinski definition) is 0. The minimum absolute atomic E-state index is 0.288. The number of aromatic nitrogens is 3. The van der Waals surface area contributed by atoms with Crippen molar-refractivity contribution in [1.29, 1.82) is 0 Å². The number of fused-ring (bicyclic) bond motifs is 1. The van der Waals surface area contributed by atoms with Gasteiger partial charge in [0.1, 0.15) is 11.6 Å². The summed E-state index contributed by atoms with van der Waals surface area (Å²) >= 11 is 0. The van der Waals surface area contributed by atoms with E-state index >= 15 is 0 Å². The molecule has 0 radical (unpaired) electrons. The molecule has 4 aromatic rings. The van der Waals surface area contributed by atoms with Crippen molar-refractivity contribution >= 4 is 5.65 Å². The minimum atomic E-state index is -0.289. The molecule has 112 valence electrons. The zero-order valence-electron chi connectivity index (χ0n) is 11.9. The summed E-state index contributed by atoms with van der Waals surface area (Å²) in [5.74, 6) is -0.577. The van der Waals surface area contributed by atoms with Crippen LogP contribution < -0.4 is 0 Å². The van der Waals surface area contributed by atoms with Gasteiger partial charge in [0.15, 0.2) is 5.65 Å². The van der Waals surface area contributed by atoms with Crippen LogP contribution in [-0.4, -0.2) is 14.6 Å². The Morgan fingerprint density at radius 1 is 0.696 bits per heavy atom. The van der Waals surface area contributed by atoms with Crippen molar-refractivity contribution in [2.45, 2.75) is 0 Å². The summed E-state index contributed by atoms with van der Waals surface area (Å²) < 4.78 is 27.8. The minimum Gasteiger partial charge on any atom is -0.235 e. The highest BCUT2D eigenvalue weighted by molar-refractivity contribution is 5.65. The molecule has 0 N–H and O–H groups in total. The van der Waals surface area contributed by atoms with E-state index in [0.29, 0.717) is 11.3 Å². The fraction of sp³-hybridized carbons (Fsp3) is 0. The Labute approximate surface area is 130 Å². The van der Waals surface area contributed by atoms with E-state index in [-0.39, 0.29) is 11.6 Å². The maximum absolute atomic E-state index is 13.1. The van der Waals surface area contributed by atoms with Crippen molar-refractivity contribution < 1.29 is 8.78 Å². The number of hydrogen-bond acceptors (Lipinski definition) is 2. The zero-order valence-corrected chi connectivity index (χ0v) is 11.9. The first kappa shape index (κ1) is 13.6. The van der Waals surface area contributed by atoms with Crippen LogP contribution in [0.5, 0.6) is 0 Å². The van der Waals surface area contributed by atoms with Gasteiger partial charge in [-0.15, -0.1) is 0 Å². The number of benzene rings is 2. The molecule has 4 rings (SSSR count). The second-order valence-corrected chi connectivity index (χ2v) is 5.15. The van der Waals surface area contributed by atoms with Gasteiger partial charge in [-0.3, -0.25) is 0 Å². The van der Waals surface area contributed by atoms with E-state index in [1.807, 2.05) is 12.1 Å². The topological polar surface area (TPSA) is 30.2 Å². The van der Waals surface area contributed by atoms with Crippen molar-refractivity contribution in [3.63, 3.8) is 0 Å². The monoisotopic (exact) mass is 307 g/mol. The molecule has 23 heavy (non-hydrogen) atoms. The van der Waals surface area contributed by atoms with Gasteiger partial charge in [0, 0.05) is 11.1 Å². The highest BCUT2D eigenvalue weighted by atomic mass is 19.1. The lowest BCUT2D eigenvalue weighted by atomic mass is 10.1. The van der Waals surface area contributed by atoms with E-state index in [2.05, 4.69) is 10.1 Å². The maximum Gasteiger partial charge on any atom is 0.154 e. The van der Waals surface area contributed by atoms with Crippen LogP contribution in [0.25, 0.3) is 28.2 Å². The summed E-state index contributed by atoms with van der Waals surface area (Å²) in [4.78, 5) is 4.31. The number of nitrogens with zero attached hydrogens (tertiary/aromatic N) is 3. The molecule has 5 heteroatoms. The molecule has 0 saturated heterocycles. The average molecular weight is 307 g/mol. The maximum atomic E-state index is 13.1. The molecule has 2 heterocycles. The molecule has 3 nitrogen and oxygen atoms in total. The summed E-state index contributed by atoms with van der Waals surface area (Å²) in [7, 11) is 0. The third kappa shape index (κ3) is 2.46. The van der Waals surface area contributed by atoms with Gasteiger partial charge in [0.25, 0.3) is 0 Å². The zero-order chi connectivity index (χ0) is 15.8. The molecule has 0 bridgehead atoms. The second kappa shape index (κ2) is 5.28. The first-order valence-electron chi connectivity index (χ1n) is 7.07. The van der Waals surface area contributed by atoms with E-state index in [9.17, 15) is 8.78 Å². The molecule has 2 aromatic carbocycles. The van der Waals surface area contributed by atoms with Crippen LogP contribution >= 0.6 is 0 Å². The molecule has 0 aliphatic rings. The Hall–Kier alpha value is -3.08. The van der Waals surface area contributed by atoms with Gasteiger partial charge in [-0.25, -0.2) is 18.3 Å². The molecule has 0 fully saturated rings. The van der Waals surface area contributed by atoms with Crippen LogP contribution in [-0.2, 0) is 0 Å². The lowest BCUT2D eigenvalue weighted by Crippen LogP contribution is -1.96. The van der Waals surface area contributed by atoms with E-state index in [1.165, 1.54) is 24.3 Å². The van der Waals surface area contributed by atoms with Gasteiger partial charge in [-0.1, -0.05) is 0 Å². The van der Waals surface area contributed by atoms with Gasteiger partial charge >= 0.3 is 0 Å². The van der Waals surface area contributed by atoms with Gasteiger partial charge < -0.3 is 0 Å². The molecule has 0 unspecified atom stereocenters.